The van der Waals surface area contributed by atoms with Gasteiger partial charge in [-0.05, 0) is 70.3 Å². The predicted octanol–water partition coefficient (Wildman–Crippen LogP) is 3.57. The van der Waals surface area contributed by atoms with Crippen molar-refractivity contribution in [3.63, 3.8) is 0 Å². The number of ether oxygens (including phenoxy) is 1. The van der Waals surface area contributed by atoms with Crippen LogP contribution in [0.2, 0.25) is 0 Å². The van der Waals surface area contributed by atoms with Crippen molar-refractivity contribution in [1.29, 1.82) is 0 Å². The first kappa shape index (κ1) is 16.6. The van der Waals surface area contributed by atoms with Crippen LogP contribution in [0.15, 0.2) is 24.3 Å². The second-order valence-corrected chi connectivity index (χ2v) is 6.88. The average Bonchev–Trinajstić information content (AvgIpc) is 2.86. The lowest BCUT2D eigenvalue weighted by molar-refractivity contribution is 0.0636. The van der Waals surface area contributed by atoms with Gasteiger partial charge in [0.25, 0.3) is 0 Å². The molecule has 0 bridgehead atoms. The van der Waals surface area contributed by atoms with E-state index in [1.54, 1.807) is 0 Å². The molecule has 5 heteroatoms. The molecule has 1 aromatic carbocycles. The molecule has 2 atom stereocenters. The molecule has 0 radical (unpaired) electrons. The maximum absolute atomic E-state index is 11.7. The Balaban J connectivity index is 1.89. The number of nitrogens with one attached hydrogen (secondary N) is 2. The van der Waals surface area contributed by atoms with Gasteiger partial charge in [-0.15, -0.1) is 0 Å². The summed E-state index contributed by atoms with van der Waals surface area (Å²) in [7, 11) is 0. The topological polar surface area (TPSA) is 76.4 Å². The summed E-state index contributed by atoms with van der Waals surface area (Å²) < 4.78 is 5.23. The van der Waals surface area contributed by atoms with E-state index in [0.717, 1.165) is 17.9 Å². The third-order valence-electron chi connectivity index (χ3n) is 3.84. The molecule has 22 heavy (non-hydrogen) atoms. The maximum atomic E-state index is 11.7. The fourth-order valence-corrected chi connectivity index (χ4v) is 2.79. The summed E-state index contributed by atoms with van der Waals surface area (Å²) in [5.74, 6) is 0.555. The van der Waals surface area contributed by atoms with Crippen LogP contribution in [0.5, 0.6) is 0 Å². The summed E-state index contributed by atoms with van der Waals surface area (Å²) in [5, 5.41) is 6.27. The maximum Gasteiger partial charge on any atom is 0.412 e. The lowest BCUT2D eigenvalue weighted by atomic mass is 10.0. The van der Waals surface area contributed by atoms with Crippen molar-refractivity contribution in [2.45, 2.75) is 51.7 Å². The normalized spacial score (nSPS) is 21.5. The van der Waals surface area contributed by atoms with E-state index in [0.29, 0.717) is 12.0 Å². The van der Waals surface area contributed by atoms with E-state index >= 15 is 0 Å². The lowest BCUT2D eigenvalue weighted by Gasteiger charge is -2.21. The van der Waals surface area contributed by atoms with Gasteiger partial charge >= 0.3 is 6.09 Å². The third kappa shape index (κ3) is 4.91. The molecule has 0 aliphatic heterocycles. The Morgan fingerprint density at radius 2 is 1.86 bits per heavy atom. The van der Waals surface area contributed by atoms with Crippen LogP contribution in [-0.4, -0.2) is 24.3 Å². The molecule has 0 spiro atoms. The Bertz CT molecular complexity index is 494. The van der Waals surface area contributed by atoms with E-state index in [2.05, 4.69) is 10.6 Å². The van der Waals surface area contributed by atoms with Gasteiger partial charge in [0, 0.05) is 17.4 Å². The summed E-state index contributed by atoms with van der Waals surface area (Å²) in [6.07, 6.45) is 3.16. The van der Waals surface area contributed by atoms with Crippen molar-refractivity contribution in [3.05, 3.63) is 24.3 Å². The molecular formula is C17H27N3O2. The van der Waals surface area contributed by atoms with Crippen LogP contribution in [0.25, 0.3) is 0 Å². The van der Waals surface area contributed by atoms with E-state index in [-0.39, 0.29) is 0 Å². The standard InChI is InChI=1S/C17H27N3O2/c1-17(2,3)22-16(21)20-14-9-7-13(8-10-14)19-15-6-4-5-12(15)11-18/h7-10,12,15,19H,4-6,11,18H2,1-3H3,(H,20,21). The molecule has 1 aliphatic rings. The number of benzene rings is 1. The lowest BCUT2D eigenvalue weighted by Crippen LogP contribution is -2.29. The highest BCUT2D eigenvalue weighted by atomic mass is 16.6. The van der Waals surface area contributed by atoms with Gasteiger partial charge in [0.05, 0.1) is 0 Å². The summed E-state index contributed by atoms with van der Waals surface area (Å²) in [6.45, 7) is 6.26. The Labute approximate surface area is 132 Å². The Morgan fingerprint density at radius 1 is 1.23 bits per heavy atom. The highest BCUT2D eigenvalue weighted by Gasteiger charge is 2.25. The molecular weight excluding hydrogens is 278 g/mol. The van der Waals surface area contributed by atoms with Gasteiger partial charge in [0.15, 0.2) is 0 Å². The van der Waals surface area contributed by atoms with Crippen LogP contribution >= 0.6 is 0 Å². The molecule has 1 aromatic rings. The zero-order chi connectivity index (χ0) is 16.2. The van der Waals surface area contributed by atoms with Crippen LogP contribution < -0.4 is 16.4 Å². The van der Waals surface area contributed by atoms with Crippen molar-refractivity contribution in [1.82, 2.24) is 0 Å². The highest BCUT2D eigenvalue weighted by Crippen LogP contribution is 2.28. The monoisotopic (exact) mass is 305 g/mol. The number of amides is 1. The Kier molecular flexibility index (Phi) is 5.29. The average molecular weight is 305 g/mol. The van der Waals surface area contributed by atoms with Gasteiger partial charge in [-0.3, -0.25) is 5.32 Å². The molecule has 0 heterocycles. The number of nitrogens with two attached hydrogens (primary N) is 1. The number of hydrogen-bond acceptors (Lipinski definition) is 4. The zero-order valence-electron chi connectivity index (χ0n) is 13.7. The molecule has 4 N–H and O–H groups in total. The van der Waals surface area contributed by atoms with Crippen LogP contribution in [0.3, 0.4) is 0 Å². The second-order valence-electron chi connectivity index (χ2n) is 6.88. The zero-order valence-corrected chi connectivity index (χ0v) is 13.7. The molecule has 1 saturated carbocycles. The van der Waals surface area contributed by atoms with Gasteiger partial charge in [-0.2, -0.15) is 0 Å². The van der Waals surface area contributed by atoms with Crippen LogP contribution in [0.1, 0.15) is 40.0 Å². The van der Waals surface area contributed by atoms with Crippen molar-refractivity contribution in [3.8, 4) is 0 Å². The summed E-state index contributed by atoms with van der Waals surface area (Å²) in [5.41, 5.74) is 7.09. The first-order valence-corrected chi connectivity index (χ1v) is 7.94. The van der Waals surface area contributed by atoms with E-state index in [1.807, 2.05) is 45.0 Å². The number of hydrogen-bond donors (Lipinski definition) is 3. The SMILES string of the molecule is CC(C)(C)OC(=O)Nc1ccc(NC2CCCC2CN)cc1. The second kappa shape index (κ2) is 7.01. The molecule has 1 fully saturated rings. The molecule has 0 saturated heterocycles. The number of carbonyl (C=O) groups excluding carboxylic acids is 1. The summed E-state index contributed by atoms with van der Waals surface area (Å²) >= 11 is 0. The van der Waals surface area contributed by atoms with Crippen molar-refractivity contribution in [2.24, 2.45) is 11.7 Å². The molecule has 0 aromatic heterocycles. The molecule has 2 rings (SSSR count). The molecule has 122 valence electrons. The number of carbonyl (C=O) groups is 1. The van der Waals surface area contributed by atoms with E-state index in [4.69, 9.17) is 10.5 Å². The van der Waals surface area contributed by atoms with Gasteiger partial charge in [0.1, 0.15) is 5.60 Å². The summed E-state index contributed by atoms with van der Waals surface area (Å²) in [4.78, 5) is 11.7. The van der Waals surface area contributed by atoms with Gasteiger partial charge < -0.3 is 15.8 Å². The van der Waals surface area contributed by atoms with E-state index in [1.165, 1.54) is 19.3 Å². The smallest absolute Gasteiger partial charge is 0.412 e. The highest BCUT2D eigenvalue weighted by molar-refractivity contribution is 5.85. The molecule has 1 aliphatic carbocycles. The quantitative estimate of drug-likeness (QED) is 0.794. The molecule has 2 unspecified atom stereocenters. The minimum Gasteiger partial charge on any atom is -0.444 e. The summed E-state index contributed by atoms with van der Waals surface area (Å²) in [6, 6.07) is 8.14. The molecule has 1 amide bonds. The van der Waals surface area contributed by atoms with Crippen molar-refractivity contribution < 1.29 is 9.53 Å². The minimum atomic E-state index is -0.495. The Morgan fingerprint density at radius 3 is 2.45 bits per heavy atom. The van der Waals surface area contributed by atoms with Gasteiger partial charge in [-0.25, -0.2) is 4.79 Å². The van der Waals surface area contributed by atoms with Crippen molar-refractivity contribution >= 4 is 17.5 Å². The van der Waals surface area contributed by atoms with Gasteiger partial charge in [0.2, 0.25) is 0 Å². The van der Waals surface area contributed by atoms with Crippen LogP contribution in [-0.2, 0) is 4.74 Å². The van der Waals surface area contributed by atoms with E-state index in [9.17, 15) is 4.79 Å². The molecule has 5 nitrogen and oxygen atoms in total. The van der Waals surface area contributed by atoms with Gasteiger partial charge in [-0.1, -0.05) is 6.42 Å². The largest absolute Gasteiger partial charge is 0.444 e. The van der Waals surface area contributed by atoms with E-state index < -0.39 is 11.7 Å². The third-order valence-corrected chi connectivity index (χ3v) is 3.84. The fraction of sp³-hybridized carbons (Fsp3) is 0.588. The fourth-order valence-electron chi connectivity index (χ4n) is 2.79. The van der Waals surface area contributed by atoms with Crippen molar-refractivity contribution in [2.75, 3.05) is 17.2 Å². The number of anilines is 2. The number of rotatable bonds is 4. The van der Waals surface area contributed by atoms with Crippen LogP contribution in [0.4, 0.5) is 16.2 Å². The first-order chi connectivity index (χ1) is 10.4. The Hall–Kier alpha value is -1.75. The predicted molar refractivity (Wildman–Crippen MR) is 90.1 cm³/mol. The van der Waals surface area contributed by atoms with Crippen LogP contribution in [0, 0.1) is 5.92 Å². The first-order valence-electron chi connectivity index (χ1n) is 7.94. The minimum absolute atomic E-state index is 0.438.